The number of ether oxygens (including phenoxy) is 2. The van der Waals surface area contributed by atoms with Crippen LogP contribution in [-0.2, 0) is 0 Å². The average molecular weight is 441 g/mol. The quantitative estimate of drug-likeness (QED) is 0.685. The molecule has 0 aliphatic carbocycles. The van der Waals surface area contributed by atoms with Crippen LogP contribution in [0.25, 0.3) is 0 Å². The standard InChI is InChI=1S/C17H20IN3O3/c1-23-15-9-13(14(18)10-16(15)24-2)17(22)20-6-3-12(4-7-20)21-8-5-19-11-21/h5,8-12H,3-4,6-7H2,1-2H3. The SMILES string of the molecule is COc1cc(I)c(C(=O)N2CCC(n3ccnc3)CC2)cc1OC. The van der Waals surface area contributed by atoms with Crippen LogP contribution in [0.3, 0.4) is 0 Å². The molecular formula is C17H20IN3O3. The number of rotatable bonds is 4. The molecule has 0 unspecified atom stereocenters. The molecule has 24 heavy (non-hydrogen) atoms. The topological polar surface area (TPSA) is 56.6 Å². The number of hydrogen-bond donors (Lipinski definition) is 0. The van der Waals surface area contributed by atoms with E-state index in [1.54, 1.807) is 26.5 Å². The van der Waals surface area contributed by atoms with Gasteiger partial charge in [-0.05, 0) is 47.6 Å². The first-order valence-electron chi connectivity index (χ1n) is 7.82. The molecule has 1 aromatic carbocycles. The zero-order valence-corrected chi connectivity index (χ0v) is 15.9. The summed E-state index contributed by atoms with van der Waals surface area (Å²) in [4.78, 5) is 18.9. The van der Waals surface area contributed by atoms with Crippen molar-refractivity contribution in [2.24, 2.45) is 0 Å². The zero-order chi connectivity index (χ0) is 17.1. The molecule has 1 fully saturated rings. The van der Waals surface area contributed by atoms with Crippen LogP contribution in [0.5, 0.6) is 11.5 Å². The summed E-state index contributed by atoms with van der Waals surface area (Å²) in [6.45, 7) is 1.48. The van der Waals surface area contributed by atoms with Crippen LogP contribution in [-0.4, -0.2) is 47.7 Å². The van der Waals surface area contributed by atoms with Crippen molar-refractivity contribution < 1.29 is 14.3 Å². The second kappa shape index (κ2) is 7.42. The molecule has 128 valence electrons. The van der Waals surface area contributed by atoms with Gasteiger partial charge in [-0.25, -0.2) is 4.98 Å². The number of piperidine rings is 1. The van der Waals surface area contributed by atoms with Gasteiger partial charge >= 0.3 is 0 Å². The lowest BCUT2D eigenvalue weighted by Crippen LogP contribution is -2.39. The molecule has 0 bridgehead atoms. The molecular weight excluding hydrogens is 421 g/mol. The maximum atomic E-state index is 12.9. The Kier molecular flexibility index (Phi) is 5.27. The number of carbonyl (C=O) groups is 1. The average Bonchev–Trinajstić information content (AvgIpc) is 3.15. The molecule has 1 saturated heterocycles. The summed E-state index contributed by atoms with van der Waals surface area (Å²) in [6, 6.07) is 4.02. The van der Waals surface area contributed by atoms with Crippen LogP contribution >= 0.6 is 22.6 Å². The molecule has 0 saturated carbocycles. The van der Waals surface area contributed by atoms with Gasteiger partial charge in [-0.2, -0.15) is 0 Å². The molecule has 2 aromatic rings. The minimum absolute atomic E-state index is 0.0458. The third-order valence-corrected chi connectivity index (χ3v) is 5.29. The van der Waals surface area contributed by atoms with Gasteiger partial charge in [0.15, 0.2) is 11.5 Å². The van der Waals surface area contributed by atoms with Gasteiger partial charge in [-0.1, -0.05) is 0 Å². The number of nitrogens with zero attached hydrogens (tertiary/aromatic N) is 3. The largest absolute Gasteiger partial charge is 0.493 e. The number of benzene rings is 1. The molecule has 0 atom stereocenters. The van der Waals surface area contributed by atoms with Crippen LogP contribution in [0.15, 0.2) is 30.9 Å². The number of halogens is 1. The molecule has 1 aliphatic heterocycles. The minimum Gasteiger partial charge on any atom is -0.493 e. The fourth-order valence-corrected chi connectivity index (χ4v) is 3.71. The number of carbonyl (C=O) groups excluding carboxylic acids is 1. The highest BCUT2D eigenvalue weighted by atomic mass is 127. The fourth-order valence-electron chi connectivity index (χ4n) is 3.04. The molecule has 1 amide bonds. The first-order chi connectivity index (χ1) is 11.6. The number of likely N-dealkylation sites (tertiary alicyclic amines) is 1. The highest BCUT2D eigenvalue weighted by Gasteiger charge is 2.26. The number of imidazole rings is 1. The van der Waals surface area contributed by atoms with Crippen molar-refractivity contribution in [1.82, 2.24) is 14.5 Å². The van der Waals surface area contributed by atoms with Gasteiger partial charge in [0.05, 0.1) is 26.1 Å². The number of hydrogen-bond acceptors (Lipinski definition) is 4. The van der Waals surface area contributed by atoms with Crippen LogP contribution in [0.2, 0.25) is 0 Å². The van der Waals surface area contributed by atoms with E-state index in [0.29, 0.717) is 23.1 Å². The third-order valence-electron chi connectivity index (χ3n) is 4.40. The van der Waals surface area contributed by atoms with Crippen LogP contribution in [0.4, 0.5) is 0 Å². The maximum absolute atomic E-state index is 12.9. The summed E-state index contributed by atoms with van der Waals surface area (Å²) >= 11 is 2.17. The van der Waals surface area contributed by atoms with Crippen molar-refractivity contribution in [1.29, 1.82) is 0 Å². The van der Waals surface area contributed by atoms with Gasteiger partial charge in [0.2, 0.25) is 0 Å². The van der Waals surface area contributed by atoms with Crippen LogP contribution < -0.4 is 9.47 Å². The molecule has 2 heterocycles. The lowest BCUT2D eigenvalue weighted by molar-refractivity contribution is 0.0693. The Labute approximate surface area is 154 Å². The second-order valence-corrected chi connectivity index (χ2v) is 6.88. The normalized spacial score (nSPS) is 15.4. The van der Waals surface area contributed by atoms with E-state index in [1.165, 1.54) is 0 Å². The maximum Gasteiger partial charge on any atom is 0.255 e. The van der Waals surface area contributed by atoms with Crippen molar-refractivity contribution in [2.45, 2.75) is 18.9 Å². The summed E-state index contributed by atoms with van der Waals surface area (Å²) in [5, 5.41) is 0. The van der Waals surface area contributed by atoms with Gasteiger partial charge in [0, 0.05) is 35.1 Å². The van der Waals surface area contributed by atoms with Crippen molar-refractivity contribution in [3.63, 3.8) is 0 Å². The number of methoxy groups -OCH3 is 2. The summed E-state index contributed by atoms with van der Waals surface area (Å²) < 4.78 is 13.6. The third kappa shape index (κ3) is 3.35. The molecule has 7 heteroatoms. The smallest absolute Gasteiger partial charge is 0.255 e. The Morgan fingerprint density at radius 1 is 1.21 bits per heavy atom. The van der Waals surface area contributed by atoms with Gasteiger partial charge in [-0.15, -0.1) is 0 Å². The van der Waals surface area contributed by atoms with Gasteiger partial charge in [-0.3, -0.25) is 4.79 Å². The van der Waals surface area contributed by atoms with E-state index >= 15 is 0 Å². The van der Waals surface area contributed by atoms with E-state index in [4.69, 9.17) is 9.47 Å². The molecule has 1 aliphatic rings. The van der Waals surface area contributed by atoms with E-state index in [-0.39, 0.29) is 5.91 Å². The number of aromatic nitrogens is 2. The second-order valence-electron chi connectivity index (χ2n) is 5.72. The lowest BCUT2D eigenvalue weighted by Gasteiger charge is -2.33. The highest BCUT2D eigenvalue weighted by molar-refractivity contribution is 14.1. The van der Waals surface area contributed by atoms with E-state index in [0.717, 1.165) is 29.5 Å². The van der Waals surface area contributed by atoms with Gasteiger partial charge in [0.25, 0.3) is 5.91 Å². The van der Waals surface area contributed by atoms with Crippen molar-refractivity contribution in [3.8, 4) is 11.5 Å². The van der Waals surface area contributed by atoms with E-state index < -0.39 is 0 Å². The summed E-state index contributed by atoms with van der Waals surface area (Å²) in [5.74, 6) is 1.26. The predicted molar refractivity (Wildman–Crippen MR) is 98.7 cm³/mol. The summed E-state index contributed by atoms with van der Waals surface area (Å²) in [6.07, 6.45) is 7.50. The van der Waals surface area contributed by atoms with Crippen molar-refractivity contribution in [3.05, 3.63) is 40.0 Å². The molecule has 0 spiro atoms. The Morgan fingerprint density at radius 2 is 1.88 bits per heavy atom. The Morgan fingerprint density at radius 3 is 2.46 bits per heavy atom. The molecule has 0 radical (unpaired) electrons. The molecule has 0 N–H and O–H groups in total. The Balaban J connectivity index is 1.73. The van der Waals surface area contributed by atoms with Crippen molar-refractivity contribution >= 4 is 28.5 Å². The molecule has 6 nitrogen and oxygen atoms in total. The molecule has 1 aromatic heterocycles. The minimum atomic E-state index is 0.0458. The molecule has 3 rings (SSSR count). The zero-order valence-electron chi connectivity index (χ0n) is 13.7. The number of amides is 1. The fraction of sp³-hybridized carbons (Fsp3) is 0.412. The summed E-state index contributed by atoms with van der Waals surface area (Å²) in [5.41, 5.74) is 0.661. The monoisotopic (exact) mass is 441 g/mol. The lowest BCUT2D eigenvalue weighted by atomic mass is 10.0. The Bertz CT molecular complexity index is 710. The van der Waals surface area contributed by atoms with E-state index in [2.05, 4.69) is 32.1 Å². The predicted octanol–water partition coefficient (Wildman–Crippen LogP) is 2.98. The first-order valence-corrected chi connectivity index (χ1v) is 8.90. The van der Waals surface area contributed by atoms with Crippen LogP contribution in [0, 0.1) is 3.57 Å². The summed E-state index contributed by atoms with van der Waals surface area (Å²) in [7, 11) is 3.17. The van der Waals surface area contributed by atoms with Gasteiger partial charge < -0.3 is 18.9 Å². The van der Waals surface area contributed by atoms with E-state index in [1.807, 2.05) is 23.5 Å². The van der Waals surface area contributed by atoms with E-state index in [9.17, 15) is 4.79 Å². The first kappa shape index (κ1) is 17.1. The Hall–Kier alpha value is -1.77. The highest BCUT2D eigenvalue weighted by Crippen LogP contribution is 2.32. The van der Waals surface area contributed by atoms with Crippen molar-refractivity contribution in [2.75, 3.05) is 27.3 Å². The van der Waals surface area contributed by atoms with Crippen LogP contribution in [0.1, 0.15) is 29.2 Å². The van der Waals surface area contributed by atoms with Gasteiger partial charge in [0.1, 0.15) is 0 Å².